The molecule has 0 aliphatic carbocycles. The number of hydrogen-bond donors (Lipinski definition) is 1. The van der Waals surface area contributed by atoms with Gasteiger partial charge in [0.1, 0.15) is 5.69 Å². The van der Waals surface area contributed by atoms with Crippen molar-refractivity contribution in [1.82, 2.24) is 19.5 Å². The quantitative estimate of drug-likeness (QED) is 0.787. The van der Waals surface area contributed by atoms with Gasteiger partial charge in [-0.2, -0.15) is 0 Å². The standard InChI is InChI=1S/C20H26N4O4S/c1-23(20(26)19-17-8-4-3-6-15(17)9-11-21-19)16-7-5-12-24(13-10-16)18(25)14-22-29(2,27)28/h3-4,6,8-9,11,16,22H,5,7,10,12-14H2,1-2H3. The smallest absolute Gasteiger partial charge is 0.273 e. The van der Waals surface area contributed by atoms with Crippen molar-refractivity contribution in [3.63, 3.8) is 0 Å². The van der Waals surface area contributed by atoms with Crippen LogP contribution >= 0.6 is 0 Å². The fraction of sp³-hybridized carbons (Fsp3) is 0.450. The third-order valence-corrected chi connectivity index (χ3v) is 5.95. The molecule has 2 aromatic rings. The molecule has 29 heavy (non-hydrogen) atoms. The van der Waals surface area contributed by atoms with Crippen molar-refractivity contribution in [3.8, 4) is 0 Å². The summed E-state index contributed by atoms with van der Waals surface area (Å²) in [6, 6.07) is 9.53. The lowest BCUT2D eigenvalue weighted by Crippen LogP contribution is -2.41. The van der Waals surface area contributed by atoms with Gasteiger partial charge in [-0.1, -0.05) is 24.3 Å². The molecule has 1 N–H and O–H groups in total. The van der Waals surface area contributed by atoms with Crippen molar-refractivity contribution in [2.24, 2.45) is 0 Å². The number of carbonyl (C=O) groups is 2. The summed E-state index contributed by atoms with van der Waals surface area (Å²) in [5.41, 5.74) is 0.431. The second-order valence-electron chi connectivity index (χ2n) is 7.36. The number of sulfonamides is 1. The SMILES string of the molecule is CN(C(=O)c1nccc2ccccc12)C1CCCN(C(=O)CNS(C)(=O)=O)CC1. The van der Waals surface area contributed by atoms with Crippen LogP contribution in [0.25, 0.3) is 10.8 Å². The average molecular weight is 419 g/mol. The first kappa shape index (κ1) is 21.2. The molecule has 0 saturated carbocycles. The molecule has 1 aliphatic rings. The van der Waals surface area contributed by atoms with Crippen molar-refractivity contribution in [2.75, 3.05) is 32.9 Å². The third kappa shape index (κ3) is 5.30. The lowest BCUT2D eigenvalue weighted by atomic mass is 10.1. The van der Waals surface area contributed by atoms with Crippen molar-refractivity contribution < 1.29 is 18.0 Å². The number of nitrogens with one attached hydrogen (secondary N) is 1. The fourth-order valence-corrected chi connectivity index (χ4v) is 4.03. The summed E-state index contributed by atoms with van der Waals surface area (Å²) in [4.78, 5) is 33.1. The number of aromatic nitrogens is 1. The first-order valence-corrected chi connectivity index (χ1v) is 11.5. The molecular formula is C20H26N4O4S. The topological polar surface area (TPSA) is 99.7 Å². The van der Waals surface area contributed by atoms with Crippen molar-refractivity contribution in [1.29, 1.82) is 0 Å². The zero-order valence-corrected chi connectivity index (χ0v) is 17.5. The lowest BCUT2D eigenvalue weighted by molar-refractivity contribution is -0.129. The predicted octanol–water partition coefficient (Wildman–Crippen LogP) is 1.24. The summed E-state index contributed by atoms with van der Waals surface area (Å²) in [7, 11) is -1.63. The largest absolute Gasteiger partial charge is 0.341 e. The van der Waals surface area contributed by atoms with E-state index >= 15 is 0 Å². The van der Waals surface area contributed by atoms with E-state index in [1.807, 2.05) is 30.3 Å². The van der Waals surface area contributed by atoms with Gasteiger partial charge >= 0.3 is 0 Å². The number of pyridine rings is 1. The van der Waals surface area contributed by atoms with E-state index in [4.69, 9.17) is 0 Å². The van der Waals surface area contributed by atoms with Crippen LogP contribution < -0.4 is 4.72 Å². The van der Waals surface area contributed by atoms with Gasteiger partial charge in [0.2, 0.25) is 15.9 Å². The van der Waals surface area contributed by atoms with Gasteiger partial charge in [-0.15, -0.1) is 0 Å². The predicted molar refractivity (Wildman–Crippen MR) is 111 cm³/mol. The minimum absolute atomic E-state index is 0.0102. The van der Waals surface area contributed by atoms with E-state index in [-0.39, 0.29) is 24.4 Å². The van der Waals surface area contributed by atoms with E-state index in [2.05, 4.69) is 9.71 Å². The van der Waals surface area contributed by atoms with Crippen LogP contribution in [-0.2, 0) is 14.8 Å². The molecule has 9 heteroatoms. The highest BCUT2D eigenvalue weighted by atomic mass is 32.2. The Bertz CT molecular complexity index is 1000. The molecule has 156 valence electrons. The number of nitrogens with zero attached hydrogens (tertiary/aromatic N) is 3. The normalized spacial score (nSPS) is 17.7. The summed E-state index contributed by atoms with van der Waals surface area (Å²) >= 11 is 0. The van der Waals surface area contributed by atoms with Gasteiger partial charge in [-0.3, -0.25) is 14.6 Å². The Labute approximate surface area is 170 Å². The highest BCUT2D eigenvalue weighted by Gasteiger charge is 2.27. The number of amides is 2. The minimum Gasteiger partial charge on any atom is -0.341 e. The molecule has 1 fully saturated rings. The summed E-state index contributed by atoms with van der Waals surface area (Å²) < 4.78 is 24.6. The maximum absolute atomic E-state index is 13.1. The van der Waals surface area contributed by atoms with E-state index in [0.717, 1.165) is 29.9 Å². The third-order valence-electron chi connectivity index (χ3n) is 5.28. The van der Waals surface area contributed by atoms with Gasteiger partial charge in [0.25, 0.3) is 5.91 Å². The van der Waals surface area contributed by atoms with Gasteiger partial charge in [0.05, 0.1) is 12.8 Å². The first-order chi connectivity index (χ1) is 13.8. The fourth-order valence-electron chi connectivity index (χ4n) is 3.64. The Hall–Kier alpha value is -2.52. The molecule has 3 rings (SSSR count). The number of benzene rings is 1. The molecule has 1 unspecified atom stereocenters. The molecule has 2 amide bonds. The van der Waals surface area contributed by atoms with E-state index in [0.29, 0.717) is 25.2 Å². The van der Waals surface area contributed by atoms with Gasteiger partial charge in [-0.25, -0.2) is 13.1 Å². The molecule has 0 spiro atoms. The van der Waals surface area contributed by atoms with E-state index < -0.39 is 10.0 Å². The van der Waals surface area contributed by atoms with Crippen LogP contribution in [0.3, 0.4) is 0 Å². The van der Waals surface area contributed by atoms with Gasteiger partial charge in [0.15, 0.2) is 0 Å². The van der Waals surface area contributed by atoms with Crippen molar-refractivity contribution in [3.05, 3.63) is 42.2 Å². The zero-order valence-electron chi connectivity index (χ0n) is 16.7. The summed E-state index contributed by atoms with van der Waals surface area (Å²) in [5, 5.41) is 1.79. The van der Waals surface area contributed by atoms with Gasteiger partial charge < -0.3 is 9.80 Å². The molecule has 1 aromatic heterocycles. The van der Waals surface area contributed by atoms with Crippen LogP contribution in [0.2, 0.25) is 0 Å². The summed E-state index contributed by atoms with van der Waals surface area (Å²) in [6.45, 7) is 0.795. The molecule has 8 nitrogen and oxygen atoms in total. The Kier molecular flexibility index (Phi) is 6.49. The number of fused-ring (bicyclic) bond motifs is 1. The maximum atomic E-state index is 13.1. The number of hydrogen-bond acceptors (Lipinski definition) is 5. The van der Waals surface area contributed by atoms with Crippen molar-refractivity contribution >= 4 is 32.6 Å². The number of rotatable bonds is 5. The molecule has 1 saturated heterocycles. The lowest BCUT2D eigenvalue weighted by Gasteiger charge is -2.27. The summed E-state index contributed by atoms with van der Waals surface area (Å²) in [5.74, 6) is -0.383. The number of likely N-dealkylation sites (tertiary alicyclic amines) is 1. The minimum atomic E-state index is -3.41. The zero-order chi connectivity index (χ0) is 21.0. The second kappa shape index (κ2) is 8.87. The number of carbonyl (C=O) groups excluding carboxylic acids is 2. The molecule has 0 radical (unpaired) electrons. The molecule has 1 aromatic carbocycles. The van der Waals surface area contributed by atoms with Crippen LogP contribution in [0.5, 0.6) is 0 Å². The Morgan fingerprint density at radius 2 is 1.97 bits per heavy atom. The maximum Gasteiger partial charge on any atom is 0.273 e. The summed E-state index contributed by atoms with van der Waals surface area (Å²) in [6.07, 6.45) is 4.83. The van der Waals surface area contributed by atoms with Crippen LogP contribution in [0.1, 0.15) is 29.8 Å². The van der Waals surface area contributed by atoms with Gasteiger partial charge in [-0.05, 0) is 30.7 Å². The monoisotopic (exact) mass is 418 g/mol. The van der Waals surface area contributed by atoms with Crippen LogP contribution in [-0.4, -0.2) is 74.0 Å². The van der Waals surface area contributed by atoms with Crippen LogP contribution in [0.4, 0.5) is 0 Å². The highest BCUT2D eigenvalue weighted by molar-refractivity contribution is 7.88. The molecule has 0 bridgehead atoms. The molecule has 1 aliphatic heterocycles. The molecular weight excluding hydrogens is 392 g/mol. The van der Waals surface area contributed by atoms with Crippen LogP contribution in [0.15, 0.2) is 36.5 Å². The van der Waals surface area contributed by atoms with Crippen LogP contribution in [0, 0.1) is 0 Å². The molecule has 1 atom stereocenters. The van der Waals surface area contributed by atoms with E-state index in [9.17, 15) is 18.0 Å². The molecule has 2 heterocycles. The van der Waals surface area contributed by atoms with Gasteiger partial charge in [0, 0.05) is 37.8 Å². The second-order valence-corrected chi connectivity index (χ2v) is 9.19. The Morgan fingerprint density at radius 1 is 1.21 bits per heavy atom. The van der Waals surface area contributed by atoms with Crippen molar-refractivity contribution in [2.45, 2.75) is 25.3 Å². The first-order valence-electron chi connectivity index (χ1n) is 9.59. The van der Waals surface area contributed by atoms with E-state index in [1.54, 1.807) is 23.0 Å². The Balaban J connectivity index is 1.66. The van der Waals surface area contributed by atoms with E-state index in [1.165, 1.54) is 0 Å². The average Bonchev–Trinajstić information content (AvgIpc) is 2.96. The Morgan fingerprint density at radius 3 is 2.72 bits per heavy atom. The highest BCUT2D eigenvalue weighted by Crippen LogP contribution is 2.21.